The number of aliphatic hydroxyl groups is 1. The fourth-order valence-electron chi connectivity index (χ4n) is 7.27. The van der Waals surface area contributed by atoms with Crippen molar-refractivity contribution in [3.8, 4) is 22.4 Å². The Hall–Kier alpha value is -4.31. The van der Waals surface area contributed by atoms with Crippen molar-refractivity contribution in [2.75, 3.05) is 5.32 Å². The summed E-state index contributed by atoms with van der Waals surface area (Å²) in [5.74, 6) is -3.40. The lowest BCUT2D eigenvalue weighted by Crippen LogP contribution is -2.51. The first-order valence-electron chi connectivity index (χ1n) is 17.3. The summed E-state index contributed by atoms with van der Waals surface area (Å²) in [6, 6.07) is 23.1. The van der Waals surface area contributed by atoms with Crippen molar-refractivity contribution in [1.82, 2.24) is 4.57 Å². The fourth-order valence-corrected chi connectivity index (χ4v) is 7.27. The summed E-state index contributed by atoms with van der Waals surface area (Å²) in [5.41, 5.74) is 5.22. The van der Waals surface area contributed by atoms with Gasteiger partial charge in [0.2, 0.25) is 0 Å². The second-order valence-electron chi connectivity index (χ2n) is 15.0. The maximum atomic E-state index is 14.5. The van der Waals surface area contributed by atoms with Gasteiger partial charge in [-0.25, -0.2) is 4.39 Å². The monoisotopic (exact) mass is 684 g/mol. The van der Waals surface area contributed by atoms with Crippen molar-refractivity contribution in [1.29, 1.82) is 0 Å². The largest absolute Gasteiger partial charge is 0.481 e. The van der Waals surface area contributed by atoms with Crippen LogP contribution in [0.15, 0.2) is 78.9 Å². The maximum Gasteiger partial charge on any atom is 0.309 e. The molecule has 3 atom stereocenters. The van der Waals surface area contributed by atoms with Crippen LogP contribution in [0.3, 0.4) is 0 Å². The number of carboxylic acids is 1. The number of benzene rings is 3. The zero-order valence-corrected chi connectivity index (χ0v) is 30.0. The first-order chi connectivity index (χ1) is 23.6. The van der Waals surface area contributed by atoms with Crippen LogP contribution in [0.25, 0.3) is 22.4 Å². The normalized spacial score (nSPS) is 18.2. The average Bonchev–Trinajstić information content (AvgIpc) is 3.39. The molecule has 0 aliphatic carbocycles. The molecule has 1 saturated heterocycles. The average molecular weight is 685 g/mol. The number of hydrogen-bond donors (Lipinski definition) is 3. The number of carbonyl (C=O) groups excluding carboxylic acids is 1. The zero-order valence-electron chi connectivity index (χ0n) is 30.0. The molecule has 0 spiro atoms. The van der Waals surface area contributed by atoms with E-state index in [1.165, 1.54) is 12.1 Å². The number of aliphatic carboxylic acids is 1. The SMILES string of the molecule is CC(C)c1c(C(=O)Nc2ccc(CO)cc2)c(-c2ccccc2)c(-c2ccc(F)cc2)n1CC[C@@H]1C[C@H](C(C(=O)O)C(C)(C)C)OC(C)(C)O1. The fraction of sp³-hybridized carbons (Fsp3) is 0.415. The number of aliphatic hydroxyl groups excluding tert-OH is 1. The third-order valence-electron chi connectivity index (χ3n) is 9.28. The highest BCUT2D eigenvalue weighted by Gasteiger charge is 2.46. The molecule has 2 heterocycles. The minimum Gasteiger partial charge on any atom is -0.481 e. The number of carbonyl (C=O) groups is 2. The van der Waals surface area contributed by atoms with Crippen molar-refractivity contribution in [2.24, 2.45) is 11.3 Å². The number of anilines is 1. The molecule has 1 fully saturated rings. The van der Waals surface area contributed by atoms with E-state index in [1.54, 1.807) is 36.4 Å². The van der Waals surface area contributed by atoms with E-state index in [2.05, 4.69) is 9.88 Å². The molecule has 3 N–H and O–H groups in total. The maximum absolute atomic E-state index is 14.5. The molecule has 0 saturated carbocycles. The lowest BCUT2D eigenvalue weighted by molar-refractivity contribution is -0.312. The van der Waals surface area contributed by atoms with Crippen molar-refractivity contribution in [3.05, 3.63) is 102 Å². The Morgan fingerprint density at radius 2 is 1.60 bits per heavy atom. The summed E-state index contributed by atoms with van der Waals surface area (Å²) in [6.45, 7) is 13.8. The molecule has 9 heteroatoms. The summed E-state index contributed by atoms with van der Waals surface area (Å²) < 4.78 is 29.1. The lowest BCUT2D eigenvalue weighted by atomic mass is 9.75. The Morgan fingerprint density at radius 3 is 2.16 bits per heavy atom. The number of halogens is 1. The molecule has 4 aromatic rings. The number of nitrogens with one attached hydrogen (secondary N) is 1. The molecular weight excluding hydrogens is 635 g/mol. The van der Waals surface area contributed by atoms with Crippen molar-refractivity contribution >= 4 is 17.6 Å². The van der Waals surface area contributed by atoms with Crippen LogP contribution in [0.1, 0.15) is 88.8 Å². The minimum atomic E-state index is -1.00. The third kappa shape index (κ3) is 8.18. The Morgan fingerprint density at radius 1 is 0.960 bits per heavy atom. The zero-order chi connectivity index (χ0) is 36.4. The van der Waals surface area contributed by atoms with Gasteiger partial charge in [-0.2, -0.15) is 0 Å². The number of carboxylic acid groups (broad SMARTS) is 1. The van der Waals surface area contributed by atoms with Gasteiger partial charge in [-0.15, -0.1) is 0 Å². The molecular formula is C41H49FN2O6. The van der Waals surface area contributed by atoms with Gasteiger partial charge in [0.05, 0.1) is 36.0 Å². The molecule has 1 unspecified atom stereocenters. The molecule has 5 rings (SSSR count). The van der Waals surface area contributed by atoms with Gasteiger partial charge in [0.1, 0.15) is 5.82 Å². The predicted molar refractivity (Wildman–Crippen MR) is 193 cm³/mol. The Bertz CT molecular complexity index is 1790. The number of aromatic nitrogens is 1. The molecule has 1 aliphatic heterocycles. The molecule has 1 aliphatic rings. The smallest absolute Gasteiger partial charge is 0.309 e. The molecule has 3 aromatic carbocycles. The first kappa shape index (κ1) is 37.0. The second kappa shape index (κ2) is 14.9. The van der Waals surface area contributed by atoms with Crippen LogP contribution < -0.4 is 5.32 Å². The number of hydrogen-bond acceptors (Lipinski definition) is 5. The van der Waals surface area contributed by atoms with Crippen LogP contribution >= 0.6 is 0 Å². The summed E-state index contributed by atoms with van der Waals surface area (Å²) in [5, 5.41) is 22.8. The van der Waals surface area contributed by atoms with Gasteiger partial charge in [-0.1, -0.05) is 77.1 Å². The predicted octanol–water partition coefficient (Wildman–Crippen LogP) is 8.88. The van der Waals surface area contributed by atoms with E-state index in [1.807, 2.05) is 78.8 Å². The number of amides is 1. The quantitative estimate of drug-likeness (QED) is 0.146. The van der Waals surface area contributed by atoms with Gasteiger partial charge in [-0.05, 0) is 84.7 Å². The van der Waals surface area contributed by atoms with E-state index in [0.717, 1.165) is 33.6 Å². The summed E-state index contributed by atoms with van der Waals surface area (Å²) >= 11 is 0. The van der Waals surface area contributed by atoms with E-state index >= 15 is 0 Å². The minimum absolute atomic E-state index is 0.0961. The van der Waals surface area contributed by atoms with Crippen molar-refractivity contribution in [3.63, 3.8) is 0 Å². The number of ether oxygens (including phenoxy) is 2. The van der Waals surface area contributed by atoms with Gasteiger partial charge < -0.3 is 29.6 Å². The summed E-state index contributed by atoms with van der Waals surface area (Å²) in [4.78, 5) is 27.0. The number of nitrogens with zero attached hydrogens (tertiary/aromatic N) is 1. The van der Waals surface area contributed by atoms with Crippen LogP contribution in [0.4, 0.5) is 10.1 Å². The molecule has 266 valence electrons. The van der Waals surface area contributed by atoms with Crippen LogP contribution in [0.2, 0.25) is 0 Å². The third-order valence-corrected chi connectivity index (χ3v) is 9.28. The van der Waals surface area contributed by atoms with Gasteiger partial charge in [0.15, 0.2) is 5.79 Å². The second-order valence-corrected chi connectivity index (χ2v) is 15.0. The molecule has 0 radical (unpaired) electrons. The summed E-state index contributed by atoms with van der Waals surface area (Å²) in [6.07, 6.45) is 0.00887. The standard InChI is InChI=1S/C41H49FN2O6/c1-25(2)36-34(38(46)43-30-19-13-26(24-45)14-20-30)33(27-11-9-8-10-12-27)37(28-15-17-29(42)18-16-28)44(36)22-21-31-23-32(50-41(6,7)49-31)35(39(47)48)40(3,4)5/h8-20,25,31-32,35,45H,21-24H2,1-7H3,(H,43,46)(H,47,48)/t31-,32-,35?/m1/s1. The Labute approximate surface area is 294 Å². The van der Waals surface area contributed by atoms with E-state index in [9.17, 15) is 24.2 Å². The van der Waals surface area contributed by atoms with E-state index in [4.69, 9.17) is 9.47 Å². The molecule has 8 nitrogen and oxygen atoms in total. The highest BCUT2D eigenvalue weighted by atomic mass is 19.1. The molecule has 0 bridgehead atoms. The van der Waals surface area contributed by atoms with Gasteiger partial charge in [-0.3, -0.25) is 9.59 Å². The highest BCUT2D eigenvalue weighted by molar-refractivity contribution is 6.12. The van der Waals surface area contributed by atoms with Crippen molar-refractivity contribution < 1.29 is 33.7 Å². The molecule has 50 heavy (non-hydrogen) atoms. The van der Waals surface area contributed by atoms with E-state index in [-0.39, 0.29) is 30.4 Å². The van der Waals surface area contributed by atoms with Gasteiger partial charge in [0, 0.05) is 29.9 Å². The summed E-state index contributed by atoms with van der Waals surface area (Å²) in [7, 11) is 0. The van der Waals surface area contributed by atoms with Crippen LogP contribution in [0.5, 0.6) is 0 Å². The van der Waals surface area contributed by atoms with Crippen LogP contribution in [-0.2, 0) is 27.4 Å². The lowest BCUT2D eigenvalue weighted by Gasteiger charge is -2.45. The molecule has 1 aromatic heterocycles. The van der Waals surface area contributed by atoms with Gasteiger partial charge >= 0.3 is 5.97 Å². The first-order valence-corrected chi connectivity index (χ1v) is 17.3. The van der Waals surface area contributed by atoms with Crippen molar-refractivity contribution in [2.45, 2.75) is 98.4 Å². The molecule has 1 amide bonds. The Kier molecular flexibility index (Phi) is 11.0. The van der Waals surface area contributed by atoms with Crippen LogP contribution in [0, 0.1) is 17.2 Å². The van der Waals surface area contributed by atoms with Gasteiger partial charge in [0.25, 0.3) is 5.91 Å². The topological polar surface area (TPSA) is 110 Å². The van der Waals surface area contributed by atoms with Crippen LogP contribution in [-0.4, -0.2) is 44.7 Å². The Balaban J connectivity index is 1.65. The number of rotatable bonds is 11. The highest BCUT2D eigenvalue weighted by Crippen LogP contribution is 2.44. The van der Waals surface area contributed by atoms with E-state index in [0.29, 0.717) is 30.6 Å². The van der Waals surface area contributed by atoms with E-state index < -0.39 is 29.2 Å².